The van der Waals surface area contributed by atoms with Crippen LogP contribution in [-0.2, 0) is 6.42 Å². The summed E-state index contributed by atoms with van der Waals surface area (Å²) < 4.78 is 14.9. The molecule has 4 atom stereocenters. The van der Waals surface area contributed by atoms with Crippen molar-refractivity contribution in [3.05, 3.63) is 16.7 Å². The number of anilines is 1. The number of piperidine rings is 1. The first-order chi connectivity index (χ1) is 13.1. The van der Waals surface area contributed by atoms with Gasteiger partial charge in [-0.2, -0.15) is 0 Å². The zero-order chi connectivity index (χ0) is 18.7. The smallest absolute Gasteiger partial charge is 0.190 e. The fraction of sp³-hybridized carbons (Fsp3) is 0.650. The van der Waals surface area contributed by atoms with Crippen molar-refractivity contribution >= 4 is 40.1 Å². The van der Waals surface area contributed by atoms with E-state index in [2.05, 4.69) is 28.7 Å². The maximum atomic E-state index is 14.9. The van der Waals surface area contributed by atoms with Gasteiger partial charge in [0.15, 0.2) is 16.1 Å². The minimum Gasteiger partial charge on any atom is -0.352 e. The number of pyridine rings is 1. The van der Waals surface area contributed by atoms with Crippen molar-refractivity contribution in [1.82, 2.24) is 15.0 Å². The SMILES string of the molecule is CCSc1nc2c3c(nc(Cl)c(F)c3n1)C[C@H](CC)[C@H]1[C@@H]3CC[C@@H](C3)CN21. The second kappa shape index (κ2) is 6.73. The third-order valence-corrected chi connectivity index (χ3v) is 7.65. The molecule has 0 radical (unpaired) electrons. The molecule has 0 amide bonds. The molecular formula is C20H24ClFN4S. The first-order valence-electron chi connectivity index (χ1n) is 10.1. The van der Waals surface area contributed by atoms with Crippen LogP contribution in [0, 0.1) is 23.6 Å². The highest BCUT2D eigenvalue weighted by molar-refractivity contribution is 7.99. The number of aromatic nitrogens is 3. The molecule has 1 saturated heterocycles. The summed E-state index contributed by atoms with van der Waals surface area (Å²) in [7, 11) is 0. The first-order valence-corrected chi connectivity index (χ1v) is 11.4. The average molecular weight is 407 g/mol. The number of halogens is 2. The number of hydrogen-bond donors (Lipinski definition) is 0. The highest BCUT2D eigenvalue weighted by atomic mass is 35.5. The molecule has 2 fully saturated rings. The Morgan fingerprint density at radius 1 is 1.22 bits per heavy atom. The van der Waals surface area contributed by atoms with Crippen molar-refractivity contribution in [3.8, 4) is 0 Å². The van der Waals surface area contributed by atoms with E-state index in [1.54, 1.807) is 11.8 Å². The number of hydrogen-bond acceptors (Lipinski definition) is 5. The van der Waals surface area contributed by atoms with E-state index in [9.17, 15) is 4.39 Å². The van der Waals surface area contributed by atoms with Crippen molar-refractivity contribution < 1.29 is 4.39 Å². The van der Waals surface area contributed by atoms with E-state index in [0.29, 0.717) is 28.6 Å². The molecule has 3 aliphatic rings. The largest absolute Gasteiger partial charge is 0.352 e. The summed E-state index contributed by atoms with van der Waals surface area (Å²) >= 11 is 7.73. The van der Waals surface area contributed by atoms with Crippen molar-refractivity contribution in [2.24, 2.45) is 17.8 Å². The molecule has 5 rings (SSSR count). The van der Waals surface area contributed by atoms with Crippen molar-refractivity contribution in [3.63, 3.8) is 0 Å². The Hall–Kier alpha value is -1.14. The fourth-order valence-corrected chi connectivity index (χ4v) is 6.35. The van der Waals surface area contributed by atoms with Gasteiger partial charge in [0.05, 0.1) is 11.1 Å². The minimum atomic E-state index is -0.511. The second-order valence-electron chi connectivity index (χ2n) is 8.10. The van der Waals surface area contributed by atoms with E-state index in [1.165, 1.54) is 19.3 Å². The lowest BCUT2D eigenvalue weighted by molar-refractivity contribution is 0.247. The summed E-state index contributed by atoms with van der Waals surface area (Å²) in [5.41, 5.74) is 1.22. The van der Waals surface area contributed by atoms with Gasteiger partial charge in [0, 0.05) is 12.6 Å². The molecule has 4 heterocycles. The van der Waals surface area contributed by atoms with Crippen LogP contribution in [0.25, 0.3) is 10.9 Å². The lowest BCUT2D eigenvalue weighted by Crippen LogP contribution is -2.50. The molecule has 1 aliphatic carbocycles. The summed E-state index contributed by atoms with van der Waals surface area (Å²) in [6.07, 6.45) is 5.83. The van der Waals surface area contributed by atoms with Gasteiger partial charge in [0.2, 0.25) is 0 Å². The Balaban J connectivity index is 1.79. The number of fused-ring (bicyclic) bond motifs is 5. The third-order valence-electron chi connectivity index (χ3n) is 6.67. The van der Waals surface area contributed by atoms with E-state index >= 15 is 0 Å². The normalized spacial score (nSPS) is 29.1. The lowest BCUT2D eigenvalue weighted by atomic mass is 9.80. The van der Waals surface area contributed by atoms with Crippen molar-refractivity contribution in [1.29, 1.82) is 0 Å². The summed E-state index contributed by atoms with van der Waals surface area (Å²) in [6, 6.07) is 0.461. The molecule has 2 aromatic rings. The Morgan fingerprint density at radius 3 is 2.85 bits per heavy atom. The van der Waals surface area contributed by atoms with E-state index in [4.69, 9.17) is 16.6 Å². The number of thioether (sulfide) groups is 1. The zero-order valence-corrected chi connectivity index (χ0v) is 17.3. The topological polar surface area (TPSA) is 41.9 Å². The van der Waals surface area contributed by atoms with Crippen LogP contribution >= 0.6 is 23.4 Å². The summed E-state index contributed by atoms with van der Waals surface area (Å²) in [5, 5.41) is 1.36. The van der Waals surface area contributed by atoms with Crippen LogP contribution in [0.5, 0.6) is 0 Å². The van der Waals surface area contributed by atoms with Crippen LogP contribution in [0.3, 0.4) is 0 Å². The van der Waals surface area contributed by atoms with Gasteiger partial charge in [-0.1, -0.05) is 43.6 Å². The molecule has 2 aliphatic heterocycles. The van der Waals surface area contributed by atoms with Gasteiger partial charge >= 0.3 is 0 Å². The summed E-state index contributed by atoms with van der Waals surface area (Å²) in [4.78, 5) is 16.4. The van der Waals surface area contributed by atoms with Gasteiger partial charge in [0.25, 0.3) is 0 Å². The van der Waals surface area contributed by atoms with Gasteiger partial charge in [-0.3, -0.25) is 0 Å². The number of nitrogens with zero attached hydrogens (tertiary/aromatic N) is 4. The van der Waals surface area contributed by atoms with Gasteiger partial charge in [-0.25, -0.2) is 19.3 Å². The molecule has 144 valence electrons. The van der Waals surface area contributed by atoms with Crippen molar-refractivity contribution in [2.45, 2.75) is 57.1 Å². The molecule has 0 spiro atoms. The maximum absolute atomic E-state index is 14.9. The van der Waals surface area contributed by atoms with E-state index in [0.717, 1.165) is 48.0 Å². The second-order valence-corrected chi connectivity index (χ2v) is 9.69. The Labute approximate surface area is 168 Å². The van der Waals surface area contributed by atoms with Gasteiger partial charge in [-0.15, -0.1) is 0 Å². The summed E-state index contributed by atoms with van der Waals surface area (Å²) in [5.74, 6) is 3.15. The van der Waals surface area contributed by atoms with Gasteiger partial charge in [-0.05, 0) is 49.2 Å². The van der Waals surface area contributed by atoms with Crippen LogP contribution < -0.4 is 4.90 Å². The lowest BCUT2D eigenvalue weighted by Gasteiger charge is -2.44. The fourth-order valence-electron chi connectivity index (χ4n) is 5.59. The zero-order valence-electron chi connectivity index (χ0n) is 15.7. The molecule has 7 heteroatoms. The highest BCUT2D eigenvalue weighted by Gasteiger charge is 2.46. The van der Waals surface area contributed by atoms with Crippen LogP contribution in [-0.4, -0.2) is 33.3 Å². The summed E-state index contributed by atoms with van der Waals surface area (Å²) in [6.45, 7) is 5.34. The highest BCUT2D eigenvalue weighted by Crippen LogP contribution is 2.49. The molecule has 0 aromatic carbocycles. The monoisotopic (exact) mass is 406 g/mol. The average Bonchev–Trinajstić information content (AvgIpc) is 2.98. The predicted molar refractivity (Wildman–Crippen MR) is 108 cm³/mol. The molecule has 27 heavy (non-hydrogen) atoms. The first kappa shape index (κ1) is 17.9. The van der Waals surface area contributed by atoms with Crippen LogP contribution in [0.1, 0.15) is 45.2 Å². The predicted octanol–water partition coefficient (Wildman–Crippen LogP) is 5.12. The van der Waals surface area contributed by atoms with E-state index in [-0.39, 0.29) is 5.15 Å². The van der Waals surface area contributed by atoms with Crippen LogP contribution in [0.2, 0.25) is 5.15 Å². The van der Waals surface area contributed by atoms with Crippen LogP contribution in [0.15, 0.2) is 5.16 Å². The Bertz CT molecular complexity index is 907. The van der Waals surface area contributed by atoms with Crippen molar-refractivity contribution in [2.75, 3.05) is 17.2 Å². The Kier molecular flexibility index (Phi) is 4.47. The molecule has 1 saturated carbocycles. The molecule has 2 aromatic heterocycles. The molecule has 0 unspecified atom stereocenters. The molecule has 4 nitrogen and oxygen atoms in total. The number of rotatable bonds is 3. The van der Waals surface area contributed by atoms with Crippen LogP contribution in [0.4, 0.5) is 10.2 Å². The quantitative estimate of drug-likeness (QED) is 0.402. The maximum Gasteiger partial charge on any atom is 0.190 e. The third kappa shape index (κ3) is 2.74. The Morgan fingerprint density at radius 2 is 2.07 bits per heavy atom. The minimum absolute atomic E-state index is 0.0640. The standard InChI is InChI=1S/C20H24ClFN4S/c1-3-11-8-13-14-16(15(22)18(21)23-13)24-20(27-4-2)25-19(14)26-9-10-5-6-12(7-10)17(11)26/h10-12,17H,3-9H2,1-2H3/t10-,11-,12+,17-/m0/s1. The molecular weight excluding hydrogens is 383 g/mol. The molecule has 0 N–H and O–H groups in total. The van der Waals surface area contributed by atoms with Gasteiger partial charge in [0.1, 0.15) is 11.3 Å². The van der Waals surface area contributed by atoms with E-state index in [1.807, 2.05) is 0 Å². The van der Waals surface area contributed by atoms with E-state index < -0.39 is 5.82 Å². The molecule has 2 bridgehead atoms. The van der Waals surface area contributed by atoms with Gasteiger partial charge < -0.3 is 4.90 Å².